The summed E-state index contributed by atoms with van der Waals surface area (Å²) in [4.78, 5) is 22.3. The number of nitrogens with one attached hydrogen (secondary N) is 3. The van der Waals surface area contributed by atoms with Crippen molar-refractivity contribution in [2.24, 2.45) is 0 Å². The minimum atomic E-state index is -3.69. The van der Waals surface area contributed by atoms with Crippen molar-refractivity contribution in [3.05, 3.63) is 29.8 Å². The third-order valence-electron chi connectivity index (χ3n) is 2.64. The smallest absolute Gasteiger partial charge is 0.322 e. The number of carbonyl (C=O) groups excluding carboxylic acids is 2. The third-order valence-corrected chi connectivity index (χ3v) is 4.06. The van der Waals surface area contributed by atoms with Crippen LogP contribution in [0.3, 0.4) is 0 Å². The summed E-state index contributed by atoms with van der Waals surface area (Å²) < 4.78 is 26.2. The number of carbonyl (C=O) groups is 2. The first-order valence-corrected chi connectivity index (χ1v) is 7.04. The Morgan fingerprint density at radius 1 is 1.32 bits per heavy atom. The van der Waals surface area contributed by atoms with Gasteiger partial charge in [-0.2, -0.15) is 0 Å². The van der Waals surface area contributed by atoms with Crippen molar-refractivity contribution in [1.29, 1.82) is 0 Å². The van der Waals surface area contributed by atoms with Crippen LogP contribution < -0.4 is 15.4 Å². The Labute approximate surface area is 110 Å². The highest BCUT2D eigenvalue weighted by molar-refractivity contribution is 7.89. The monoisotopic (exact) mass is 283 g/mol. The van der Waals surface area contributed by atoms with Crippen molar-refractivity contribution in [3.63, 3.8) is 0 Å². The summed E-state index contributed by atoms with van der Waals surface area (Å²) >= 11 is 0. The zero-order chi connectivity index (χ0) is 14.0. The lowest BCUT2D eigenvalue weighted by Crippen LogP contribution is -2.41. The van der Waals surface area contributed by atoms with E-state index < -0.39 is 28.0 Å². The van der Waals surface area contributed by atoms with E-state index in [1.807, 2.05) is 5.32 Å². The molecule has 8 heteroatoms. The van der Waals surface area contributed by atoms with E-state index in [4.69, 9.17) is 0 Å². The molecule has 3 N–H and O–H groups in total. The lowest BCUT2D eigenvalue weighted by atomic mass is 10.2. The Hall–Kier alpha value is -1.93. The van der Waals surface area contributed by atoms with Gasteiger partial charge in [-0.3, -0.25) is 10.1 Å². The molecule has 0 radical (unpaired) electrons. The SMILES string of the molecule is Cc1cccc(S(=O)(=O)NCC2NC(=O)NC2=O)c1. The van der Waals surface area contributed by atoms with Gasteiger partial charge in [-0.05, 0) is 24.6 Å². The summed E-state index contributed by atoms with van der Waals surface area (Å²) in [5.41, 5.74) is 0.815. The average molecular weight is 283 g/mol. The van der Waals surface area contributed by atoms with E-state index >= 15 is 0 Å². The molecule has 1 aromatic carbocycles. The lowest BCUT2D eigenvalue weighted by molar-refractivity contribution is -0.120. The first-order valence-electron chi connectivity index (χ1n) is 5.56. The fourth-order valence-corrected chi connectivity index (χ4v) is 2.81. The van der Waals surface area contributed by atoms with Crippen molar-refractivity contribution in [1.82, 2.24) is 15.4 Å². The Kier molecular flexibility index (Phi) is 3.54. The van der Waals surface area contributed by atoms with Gasteiger partial charge in [-0.25, -0.2) is 17.9 Å². The Bertz CT molecular complexity index is 627. The second kappa shape index (κ2) is 4.98. The molecule has 1 atom stereocenters. The number of imide groups is 1. The van der Waals surface area contributed by atoms with Crippen molar-refractivity contribution in [2.45, 2.75) is 17.9 Å². The van der Waals surface area contributed by atoms with E-state index in [0.717, 1.165) is 5.56 Å². The summed E-state index contributed by atoms with van der Waals surface area (Å²) in [6, 6.07) is 4.90. The number of amides is 3. The van der Waals surface area contributed by atoms with Gasteiger partial charge in [0.1, 0.15) is 6.04 Å². The van der Waals surface area contributed by atoms with Crippen molar-refractivity contribution >= 4 is 22.0 Å². The van der Waals surface area contributed by atoms with Crippen LogP contribution in [0, 0.1) is 6.92 Å². The molecule has 1 saturated heterocycles. The van der Waals surface area contributed by atoms with Crippen molar-refractivity contribution < 1.29 is 18.0 Å². The zero-order valence-corrected chi connectivity index (χ0v) is 11.0. The number of hydrogen-bond acceptors (Lipinski definition) is 4. The number of rotatable bonds is 4. The normalized spacial score (nSPS) is 19.1. The maximum absolute atomic E-state index is 12.0. The molecular formula is C11H13N3O4S. The predicted molar refractivity (Wildman–Crippen MR) is 66.8 cm³/mol. The molecule has 1 aromatic rings. The molecule has 0 aromatic heterocycles. The van der Waals surface area contributed by atoms with E-state index in [9.17, 15) is 18.0 Å². The molecule has 2 rings (SSSR count). The number of sulfonamides is 1. The molecule has 0 aliphatic carbocycles. The van der Waals surface area contributed by atoms with Gasteiger partial charge in [-0.1, -0.05) is 12.1 Å². The van der Waals surface area contributed by atoms with Crippen LogP contribution in [0.5, 0.6) is 0 Å². The van der Waals surface area contributed by atoms with E-state index in [1.165, 1.54) is 12.1 Å². The molecule has 3 amide bonds. The maximum Gasteiger partial charge on any atom is 0.322 e. The van der Waals surface area contributed by atoms with Gasteiger partial charge in [0.05, 0.1) is 4.90 Å². The van der Waals surface area contributed by atoms with Gasteiger partial charge in [-0.15, -0.1) is 0 Å². The van der Waals surface area contributed by atoms with Crippen LogP contribution in [0.2, 0.25) is 0 Å². The molecule has 102 valence electrons. The molecule has 19 heavy (non-hydrogen) atoms. The van der Waals surface area contributed by atoms with E-state index in [2.05, 4.69) is 10.0 Å². The number of hydrogen-bond donors (Lipinski definition) is 3. The Morgan fingerprint density at radius 3 is 2.63 bits per heavy atom. The molecule has 0 bridgehead atoms. The minimum Gasteiger partial charge on any atom is -0.325 e. The van der Waals surface area contributed by atoms with Gasteiger partial charge in [0.2, 0.25) is 10.0 Å². The summed E-state index contributed by atoms with van der Waals surface area (Å²) in [7, 11) is -3.69. The molecule has 1 heterocycles. The predicted octanol–water partition coefficient (Wildman–Crippen LogP) is -0.519. The average Bonchev–Trinajstić information content (AvgIpc) is 2.65. The van der Waals surface area contributed by atoms with Crippen LogP contribution in [0.15, 0.2) is 29.2 Å². The van der Waals surface area contributed by atoms with E-state index in [-0.39, 0.29) is 11.4 Å². The van der Waals surface area contributed by atoms with Crippen molar-refractivity contribution in [2.75, 3.05) is 6.54 Å². The Morgan fingerprint density at radius 2 is 2.05 bits per heavy atom. The molecule has 1 aliphatic heterocycles. The number of aryl methyl sites for hydroxylation is 1. The second-order valence-electron chi connectivity index (χ2n) is 4.18. The highest BCUT2D eigenvalue weighted by atomic mass is 32.2. The van der Waals surface area contributed by atoms with Gasteiger partial charge in [0.15, 0.2) is 0 Å². The molecule has 0 spiro atoms. The summed E-state index contributed by atoms with van der Waals surface area (Å²) in [5.74, 6) is -0.544. The van der Waals surface area contributed by atoms with Gasteiger partial charge < -0.3 is 5.32 Å². The van der Waals surface area contributed by atoms with Crippen LogP contribution in [0.25, 0.3) is 0 Å². The van der Waals surface area contributed by atoms with Crippen LogP contribution in [-0.4, -0.2) is 32.9 Å². The maximum atomic E-state index is 12.0. The van der Waals surface area contributed by atoms with Crippen LogP contribution in [-0.2, 0) is 14.8 Å². The number of benzene rings is 1. The van der Waals surface area contributed by atoms with Gasteiger partial charge in [0.25, 0.3) is 5.91 Å². The molecule has 1 fully saturated rings. The van der Waals surface area contributed by atoms with Crippen LogP contribution in [0.4, 0.5) is 4.79 Å². The number of urea groups is 1. The van der Waals surface area contributed by atoms with Gasteiger partial charge in [0, 0.05) is 6.54 Å². The fourth-order valence-electron chi connectivity index (χ4n) is 1.66. The minimum absolute atomic E-state index is 0.122. The van der Waals surface area contributed by atoms with Crippen molar-refractivity contribution in [3.8, 4) is 0 Å². The largest absolute Gasteiger partial charge is 0.325 e. The first-order chi connectivity index (χ1) is 8.88. The second-order valence-corrected chi connectivity index (χ2v) is 5.95. The molecule has 7 nitrogen and oxygen atoms in total. The van der Waals surface area contributed by atoms with E-state index in [0.29, 0.717) is 0 Å². The first kappa shape index (κ1) is 13.5. The summed E-state index contributed by atoms with van der Waals surface area (Å²) in [6.45, 7) is 1.59. The highest BCUT2D eigenvalue weighted by Gasteiger charge is 2.30. The van der Waals surface area contributed by atoms with E-state index in [1.54, 1.807) is 19.1 Å². The molecule has 1 unspecified atom stereocenters. The van der Waals surface area contributed by atoms with Gasteiger partial charge >= 0.3 is 6.03 Å². The van der Waals surface area contributed by atoms with Crippen LogP contribution >= 0.6 is 0 Å². The Balaban J connectivity index is 2.06. The standard InChI is InChI=1S/C11H13N3O4S/c1-7-3-2-4-8(5-7)19(17,18)12-6-9-10(15)14-11(16)13-9/h2-5,9,12H,6H2,1H3,(H2,13,14,15,16). The molecule has 0 saturated carbocycles. The molecule has 1 aliphatic rings. The fraction of sp³-hybridized carbons (Fsp3) is 0.273. The topological polar surface area (TPSA) is 104 Å². The lowest BCUT2D eigenvalue weighted by Gasteiger charge is -2.10. The summed E-state index contributed by atoms with van der Waals surface area (Å²) in [6.07, 6.45) is 0. The van der Waals surface area contributed by atoms with Crippen LogP contribution in [0.1, 0.15) is 5.56 Å². The highest BCUT2D eigenvalue weighted by Crippen LogP contribution is 2.10. The summed E-state index contributed by atoms with van der Waals surface area (Å²) in [5, 5.41) is 4.34. The zero-order valence-electron chi connectivity index (χ0n) is 10.1. The quantitative estimate of drug-likeness (QED) is 0.647. The molecular weight excluding hydrogens is 270 g/mol. The third kappa shape index (κ3) is 3.09.